The Balaban J connectivity index is 1.83. The molecule has 3 rings (SSSR count). The molecule has 0 spiro atoms. The van der Waals surface area contributed by atoms with Crippen LogP contribution in [-0.4, -0.2) is 11.8 Å². The largest absolute Gasteiger partial charge is 0.455 e. The summed E-state index contributed by atoms with van der Waals surface area (Å²) < 4.78 is 5.85. The lowest BCUT2D eigenvalue weighted by Gasteiger charge is -2.13. The smallest absolute Gasteiger partial charge is 0.255 e. The molecular formula is C21H17ClN2O3. The molecule has 0 aliphatic rings. The number of amides is 2. The highest BCUT2D eigenvalue weighted by Gasteiger charge is 2.12. The van der Waals surface area contributed by atoms with E-state index in [1.165, 1.54) is 6.92 Å². The van der Waals surface area contributed by atoms with Crippen LogP contribution in [0.5, 0.6) is 11.5 Å². The van der Waals surface area contributed by atoms with Gasteiger partial charge in [-0.15, -0.1) is 0 Å². The van der Waals surface area contributed by atoms with Gasteiger partial charge in [-0.25, -0.2) is 0 Å². The number of benzene rings is 3. The van der Waals surface area contributed by atoms with E-state index in [-0.39, 0.29) is 11.8 Å². The van der Waals surface area contributed by atoms with Crippen LogP contribution >= 0.6 is 11.6 Å². The van der Waals surface area contributed by atoms with Crippen LogP contribution in [0.2, 0.25) is 5.02 Å². The lowest BCUT2D eigenvalue weighted by Crippen LogP contribution is -2.13. The van der Waals surface area contributed by atoms with E-state index in [2.05, 4.69) is 10.6 Å². The molecule has 3 aromatic rings. The molecule has 2 amide bonds. The van der Waals surface area contributed by atoms with Crippen molar-refractivity contribution >= 4 is 34.8 Å². The zero-order chi connectivity index (χ0) is 19.2. The van der Waals surface area contributed by atoms with Crippen molar-refractivity contribution in [2.75, 3.05) is 10.6 Å². The van der Waals surface area contributed by atoms with E-state index in [4.69, 9.17) is 16.3 Å². The zero-order valence-corrected chi connectivity index (χ0v) is 15.3. The SMILES string of the molecule is CC(=O)Nc1cccc(C(=O)Nc2cc(Cl)ccc2Oc2ccccc2)c1. The van der Waals surface area contributed by atoms with Crippen molar-refractivity contribution in [3.8, 4) is 11.5 Å². The van der Waals surface area contributed by atoms with Crippen LogP contribution in [-0.2, 0) is 4.79 Å². The topological polar surface area (TPSA) is 67.4 Å². The number of carbonyl (C=O) groups excluding carboxylic acids is 2. The van der Waals surface area contributed by atoms with E-state index in [0.717, 1.165) is 0 Å². The van der Waals surface area contributed by atoms with Crippen LogP contribution in [0.15, 0.2) is 72.8 Å². The fourth-order valence-electron chi connectivity index (χ4n) is 2.44. The molecule has 0 saturated carbocycles. The van der Waals surface area contributed by atoms with E-state index in [1.807, 2.05) is 30.3 Å². The minimum absolute atomic E-state index is 0.207. The highest BCUT2D eigenvalue weighted by Crippen LogP contribution is 2.32. The first-order valence-electron chi connectivity index (χ1n) is 8.23. The molecule has 27 heavy (non-hydrogen) atoms. The Morgan fingerprint density at radius 1 is 0.889 bits per heavy atom. The van der Waals surface area contributed by atoms with Gasteiger partial charge in [0.2, 0.25) is 5.91 Å². The summed E-state index contributed by atoms with van der Waals surface area (Å²) in [7, 11) is 0. The highest BCUT2D eigenvalue weighted by molar-refractivity contribution is 6.31. The molecule has 5 nitrogen and oxygen atoms in total. The summed E-state index contributed by atoms with van der Waals surface area (Å²) in [5.74, 6) is 0.559. The van der Waals surface area contributed by atoms with Crippen molar-refractivity contribution in [2.45, 2.75) is 6.92 Å². The molecule has 0 unspecified atom stereocenters. The van der Waals surface area contributed by atoms with Crippen LogP contribution in [0.3, 0.4) is 0 Å². The van der Waals surface area contributed by atoms with Crippen LogP contribution in [0.25, 0.3) is 0 Å². The molecule has 0 bridgehead atoms. The van der Waals surface area contributed by atoms with Crippen LogP contribution < -0.4 is 15.4 Å². The lowest BCUT2D eigenvalue weighted by molar-refractivity contribution is -0.114. The quantitative estimate of drug-likeness (QED) is 0.627. The predicted molar refractivity (Wildman–Crippen MR) is 107 cm³/mol. The molecule has 0 aliphatic carbocycles. The van der Waals surface area contributed by atoms with E-state index in [9.17, 15) is 9.59 Å². The second kappa shape index (κ2) is 8.38. The van der Waals surface area contributed by atoms with Crippen molar-refractivity contribution < 1.29 is 14.3 Å². The van der Waals surface area contributed by atoms with Gasteiger partial charge in [0, 0.05) is 23.2 Å². The first-order chi connectivity index (χ1) is 13.0. The van der Waals surface area contributed by atoms with Gasteiger partial charge in [0.15, 0.2) is 5.75 Å². The Bertz CT molecular complexity index is 974. The van der Waals surface area contributed by atoms with Gasteiger partial charge in [0.25, 0.3) is 5.91 Å². The molecule has 0 heterocycles. The Labute approximate surface area is 161 Å². The molecular weight excluding hydrogens is 364 g/mol. The molecule has 0 radical (unpaired) electrons. The minimum atomic E-state index is -0.345. The number of carbonyl (C=O) groups is 2. The Morgan fingerprint density at radius 2 is 1.67 bits per heavy atom. The molecule has 0 aromatic heterocycles. The summed E-state index contributed by atoms with van der Waals surface area (Å²) in [6.45, 7) is 1.41. The number of hydrogen-bond donors (Lipinski definition) is 2. The molecule has 0 saturated heterocycles. The maximum absolute atomic E-state index is 12.6. The van der Waals surface area contributed by atoms with Gasteiger partial charge in [0.1, 0.15) is 5.75 Å². The summed E-state index contributed by atoms with van der Waals surface area (Å²) in [4.78, 5) is 23.8. The number of ether oxygens (including phenoxy) is 1. The first kappa shape index (κ1) is 18.5. The summed E-state index contributed by atoms with van der Waals surface area (Å²) in [5.41, 5.74) is 1.38. The van der Waals surface area contributed by atoms with Crippen molar-refractivity contribution in [1.29, 1.82) is 0 Å². The van der Waals surface area contributed by atoms with Gasteiger partial charge in [-0.3, -0.25) is 9.59 Å². The number of rotatable bonds is 5. The fourth-order valence-corrected chi connectivity index (χ4v) is 2.61. The van der Waals surface area contributed by atoms with Crippen LogP contribution in [0, 0.1) is 0 Å². The second-order valence-electron chi connectivity index (χ2n) is 5.77. The van der Waals surface area contributed by atoms with Gasteiger partial charge < -0.3 is 15.4 Å². The summed E-state index contributed by atoms with van der Waals surface area (Å²) in [6, 6.07) is 20.9. The molecule has 3 aromatic carbocycles. The lowest BCUT2D eigenvalue weighted by atomic mass is 10.1. The van der Waals surface area contributed by atoms with Crippen molar-refractivity contribution in [1.82, 2.24) is 0 Å². The standard InChI is InChI=1S/C21H17ClN2O3/c1-14(25)23-17-7-5-6-15(12-17)21(26)24-19-13-16(22)10-11-20(19)27-18-8-3-2-4-9-18/h2-13H,1H3,(H,23,25)(H,24,26). The van der Waals surface area contributed by atoms with Gasteiger partial charge in [-0.05, 0) is 48.5 Å². The Hall–Kier alpha value is -3.31. The Kier molecular flexibility index (Phi) is 5.74. The molecule has 6 heteroatoms. The Morgan fingerprint density at radius 3 is 2.41 bits per heavy atom. The first-order valence-corrected chi connectivity index (χ1v) is 8.60. The van der Waals surface area contributed by atoms with Gasteiger partial charge in [-0.2, -0.15) is 0 Å². The zero-order valence-electron chi connectivity index (χ0n) is 14.5. The average molecular weight is 381 g/mol. The van der Waals surface area contributed by atoms with Gasteiger partial charge in [0.05, 0.1) is 5.69 Å². The normalized spacial score (nSPS) is 10.1. The summed E-state index contributed by atoms with van der Waals surface area (Å²) in [5, 5.41) is 5.93. The molecule has 0 fully saturated rings. The van der Waals surface area contributed by atoms with Crippen molar-refractivity contribution in [3.05, 3.63) is 83.4 Å². The van der Waals surface area contributed by atoms with E-state index < -0.39 is 0 Å². The maximum atomic E-state index is 12.6. The fraction of sp³-hybridized carbons (Fsp3) is 0.0476. The number of anilines is 2. The number of hydrogen-bond acceptors (Lipinski definition) is 3. The number of para-hydroxylation sites is 1. The maximum Gasteiger partial charge on any atom is 0.255 e. The minimum Gasteiger partial charge on any atom is -0.455 e. The summed E-state index contributed by atoms with van der Waals surface area (Å²) in [6.07, 6.45) is 0. The number of nitrogens with one attached hydrogen (secondary N) is 2. The van der Waals surface area contributed by atoms with E-state index in [1.54, 1.807) is 42.5 Å². The van der Waals surface area contributed by atoms with E-state index in [0.29, 0.717) is 33.5 Å². The average Bonchev–Trinajstić information content (AvgIpc) is 2.64. The van der Waals surface area contributed by atoms with Gasteiger partial charge >= 0.3 is 0 Å². The van der Waals surface area contributed by atoms with Crippen LogP contribution in [0.1, 0.15) is 17.3 Å². The highest BCUT2D eigenvalue weighted by atomic mass is 35.5. The third-order valence-corrected chi connectivity index (χ3v) is 3.84. The molecule has 0 atom stereocenters. The van der Waals surface area contributed by atoms with Crippen molar-refractivity contribution in [3.63, 3.8) is 0 Å². The van der Waals surface area contributed by atoms with Crippen molar-refractivity contribution in [2.24, 2.45) is 0 Å². The monoisotopic (exact) mass is 380 g/mol. The van der Waals surface area contributed by atoms with Gasteiger partial charge in [-0.1, -0.05) is 35.9 Å². The van der Waals surface area contributed by atoms with Crippen LogP contribution in [0.4, 0.5) is 11.4 Å². The summed E-state index contributed by atoms with van der Waals surface area (Å²) >= 11 is 6.08. The third-order valence-electron chi connectivity index (χ3n) is 3.61. The molecule has 2 N–H and O–H groups in total. The molecule has 0 aliphatic heterocycles. The molecule has 136 valence electrons. The number of halogens is 1. The third kappa shape index (κ3) is 5.09. The predicted octanol–water partition coefficient (Wildman–Crippen LogP) is 5.34. The second-order valence-corrected chi connectivity index (χ2v) is 6.21. The van der Waals surface area contributed by atoms with E-state index >= 15 is 0 Å².